The number of carbonyl (C=O) groups is 6. The smallest absolute Gasteiger partial charge is 0.430 e. The minimum Gasteiger partial charge on any atom is -0.542 e. The molecule has 18 heteroatoms. The number of nitrogens with one attached hydrogen (secondary N) is 3. The molecule has 2 atom stereocenters. The van der Waals surface area contributed by atoms with Gasteiger partial charge in [-0.1, -0.05) is 18.2 Å². The van der Waals surface area contributed by atoms with E-state index in [2.05, 4.69) is 65.3 Å². The SMILES string of the molecule is CCN(CC)c1ccc2c(-c3ccccc3C(=O)NCCC(=O)NC(C)C(=O)NC(CC(N)=O)C(=O)O)c3ccc(=[N+](CC)CC)cc-3oc2c1.O=C([O-])C(F)(F)F. The highest BCUT2D eigenvalue weighted by Gasteiger charge is 2.29. The van der Waals surface area contributed by atoms with Crippen molar-refractivity contribution in [1.82, 2.24) is 20.5 Å². The van der Waals surface area contributed by atoms with Crippen LogP contribution in [0.25, 0.3) is 33.4 Å². The molecule has 15 nitrogen and oxygen atoms in total. The first kappa shape index (κ1) is 45.9. The minimum absolute atomic E-state index is 0.0289. The van der Waals surface area contributed by atoms with Crippen LogP contribution in [0.4, 0.5) is 18.9 Å². The quantitative estimate of drug-likeness (QED) is 0.0819. The number of anilines is 1. The molecule has 0 spiro atoms. The maximum atomic E-state index is 13.7. The van der Waals surface area contributed by atoms with Crippen LogP contribution in [0.2, 0.25) is 0 Å². The van der Waals surface area contributed by atoms with E-state index in [4.69, 9.17) is 20.1 Å². The van der Waals surface area contributed by atoms with Gasteiger partial charge >= 0.3 is 12.1 Å². The normalized spacial score (nSPS) is 12.1. The fourth-order valence-corrected chi connectivity index (χ4v) is 6.09. The average Bonchev–Trinajstić information content (AvgIpc) is 3.17. The van der Waals surface area contributed by atoms with Crippen LogP contribution >= 0.6 is 0 Å². The lowest BCUT2D eigenvalue weighted by Crippen LogP contribution is -2.51. The van der Waals surface area contributed by atoms with Gasteiger partial charge in [0.25, 0.3) is 5.91 Å². The lowest BCUT2D eigenvalue weighted by Gasteiger charge is -2.22. The maximum Gasteiger partial charge on any atom is 0.430 e. The summed E-state index contributed by atoms with van der Waals surface area (Å²) in [5.41, 5.74) is 9.59. The Balaban J connectivity index is 0.00000117. The molecule has 0 bridgehead atoms. The van der Waals surface area contributed by atoms with Crippen LogP contribution in [0.15, 0.2) is 65.1 Å². The summed E-state index contributed by atoms with van der Waals surface area (Å²) in [7, 11) is 0. The number of rotatable bonds is 16. The van der Waals surface area contributed by atoms with Crippen LogP contribution in [0.5, 0.6) is 0 Å². The number of fused-ring (bicyclic) bond motifs is 2. The van der Waals surface area contributed by atoms with Crippen molar-refractivity contribution >= 4 is 52.2 Å². The van der Waals surface area contributed by atoms with Gasteiger partial charge in [-0.15, -0.1) is 0 Å². The van der Waals surface area contributed by atoms with Crippen LogP contribution in [0.1, 0.15) is 57.8 Å². The number of carbonyl (C=O) groups excluding carboxylic acids is 5. The summed E-state index contributed by atoms with van der Waals surface area (Å²) in [6.07, 6.45) is -5.93. The van der Waals surface area contributed by atoms with Crippen molar-refractivity contribution in [1.29, 1.82) is 0 Å². The van der Waals surface area contributed by atoms with Gasteiger partial charge < -0.3 is 46.0 Å². The Labute approximate surface area is 332 Å². The van der Waals surface area contributed by atoms with Gasteiger partial charge in [0, 0.05) is 66.0 Å². The van der Waals surface area contributed by atoms with E-state index < -0.39 is 54.3 Å². The molecule has 312 valence electrons. The molecule has 6 N–H and O–H groups in total. The summed E-state index contributed by atoms with van der Waals surface area (Å²) >= 11 is 0. The summed E-state index contributed by atoms with van der Waals surface area (Å²) in [5, 5.41) is 27.4. The Morgan fingerprint density at radius 2 is 1.55 bits per heavy atom. The lowest BCUT2D eigenvalue weighted by atomic mass is 9.90. The van der Waals surface area contributed by atoms with Crippen molar-refractivity contribution in [2.24, 2.45) is 5.73 Å². The third-order valence-corrected chi connectivity index (χ3v) is 9.05. The number of nitrogens with two attached hydrogens (primary N) is 1. The number of hydrogen-bond donors (Lipinski definition) is 5. The Kier molecular flexibility index (Phi) is 16.3. The number of alkyl halides is 3. The number of primary amides is 1. The summed E-state index contributed by atoms with van der Waals surface area (Å²) in [4.78, 5) is 72.3. The number of aliphatic carboxylic acids is 2. The van der Waals surface area contributed by atoms with Gasteiger partial charge in [0.05, 0.1) is 12.5 Å². The second-order valence-corrected chi connectivity index (χ2v) is 12.9. The molecule has 2 aliphatic rings. The van der Waals surface area contributed by atoms with Crippen molar-refractivity contribution in [3.63, 3.8) is 0 Å². The van der Waals surface area contributed by atoms with Crippen molar-refractivity contribution in [2.75, 3.05) is 37.6 Å². The zero-order valence-electron chi connectivity index (χ0n) is 32.7. The van der Waals surface area contributed by atoms with E-state index in [1.807, 2.05) is 36.4 Å². The zero-order chi connectivity index (χ0) is 43.3. The molecular weight excluding hydrogens is 765 g/mol. The first-order valence-electron chi connectivity index (χ1n) is 18.5. The number of carboxylic acid groups (broad SMARTS) is 2. The molecule has 58 heavy (non-hydrogen) atoms. The van der Waals surface area contributed by atoms with E-state index in [0.717, 1.165) is 53.7 Å². The van der Waals surface area contributed by atoms with Gasteiger partial charge in [-0.2, -0.15) is 13.2 Å². The number of halogens is 3. The number of nitrogens with zero attached hydrogens (tertiary/aromatic N) is 2. The molecule has 0 fully saturated rings. The van der Waals surface area contributed by atoms with Gasteiger partial charge in [-0.05, 0) is 64.4 Å². The summed E-state index contributed by atoms with van der Waals surface area (Å²) < 4.78 is 40.4. The first-order chi connectivity index (χ1) is 27.4. The Hall–Kier alpha value is -6.46. The fourth-order valence-electron chi connectivity index (χ4n) is 6.09. The highest BCUT2D eigenvalue weighted by atomic mass is 19.4. The molecule has 4 rings (SSSR count). The molecule has 0 radical (unpaired) electrons. The Bertz CT molecular complexity index is 2180. The van der Waals surface area contributed by atoms with Gasteiger partial charge in [0.1, 0.15) is 42.5 Å². The summed E-state index contributed by atoms with van der Waals surface area (Å²) in [6.45, 7) is 13.1. The summed E-state index contributed by atoms with van der Waals surface area (Å²) in [6, 6.07) is 16.9. The van der Waals surface area contributed by atoms with E-state index in [9.17, 15) is 42.3 Å². The Morgan fingerprint density at radius 3 is 2.12 bits per heavy atom. The van der Waals surface area contributed by atoms with Crippen LogP contribution in [0.3, 0.4) is 0 Å². The average molecular weight is 813 g/mol. The molecular formula is C40H47F3N6O9. The Morgan fingerprint density at radius 1 is 0.914 bits per heavy atom. The topological polar surface area (TPSA) is 227 Å². The predicted molar refractivity (Wildman–Crippen MR) is 207 cm³/mol. The molecule has 4 amide bonds. The highest BCUT2D eigenvalue weighted by molar-refractivity contribution is 6.09. The predicted octanol–water partition coefficient (Wildman–Crippen LogP) is 2.23. The van der Waals surface area contributed by atoms with Crippen LogP contribution < -0.4 is 41.6 Å². The van der Waals surface area contributed by atoms with Crippen molar-refractivity contribution in [3.8, 4) is 22.5 Å². The molecule has 2 unspecified atom stereocenters. The van der Waals surface area contributed by atoms with Crippen LogP contribution in [-0.2, 0) is 24.0 Å². The molecule has 0 aromatic heterocycles. The monoisotopic (exact) mass is 812 g/mol. The lowest BCUT2D eigenvalue weighted by molar-refractivity contribution is -0.344. The van der Waals surface area contributed by atoms with E-state index in [1.165, 1.54) is 6.92 Å². The third-order valence-electron chi connectivity index (χ3n) is 9.05. The number of hydrogen-bond acceptors (Lipinski definition) is 9. The van der Waals surface area contributed by atoms with Gasteiger partial charge in [0.15, 0.2) is 0 Å². The second kappa shape index (κ2) is 20.6. The molecule has 1 aliphatic heterocycles. The van der Waals surface area contributed by atoms with E-state index in [-0.39, 0.29) is 18.9 Å². The minimum atomic E-state index is -5.19. The standard InChI is InChI=1S/C38H46N6O7.C2HF3O2/c1-6-43(7-2)24-14-16-28-31(20-24)51-32-21-25(44(8-3)9-4)15-17-29(32)35(28)26-12-10-11-13-27(26)37(48)40-19-18-34(46)41-23(5)36(47)42-30(38(49)50)22-33(39)45;3-2(4,5)1(6)7/h10-17,20-21,23,30H,6-9,18-19,22H2,1-5H3,(H5-,39,40,41,42,45,46,47,48,49,50);(H,6,7). The largest absolute Gasteiger partial charge is 0.542 e. The summed E-state index contributed by atoms with van der Waals surface area (Å²) in [5.74, 6) is -6.36. The van der Waals surface area contributed by atoms with Gasteiger partial charge in [0.2, 0.25) is 23.1 Å². The van der Waals surface area contributed by atoms with Crippen molar-refractivity contribution in [2.45, 2.75) is 65.7 Å². The number of benzene rings is 3. The highest BCUT2D eigenvalue weighted by Crippen LogP contribution is 2.42. The molecule has 2 aromatic carbocycles. The van der Waals surface area contributed by atoms with Crippen molar-refractivity contribution in [3.05, 3.63) is 71.6 Å². The number of carboxylic acids is 2. The van der Waals surface area contributed by atoms with E-state index in [1.54, 1.807) is 12.1 Å². The number of amides is 4. The maximum absolute atomic E-state index is 13.7. The zero-order valence-corrected chi connectivity index (χ0v) is 32.7. The van der Waals surface area contributed by atoms with Crippen LogP contribution in [0, 0.1) is 0 Å². The molecule has 1 aliphatic carbocycles. The van der Waals surface area contributed by atoms with Crippen molar-refractivity contribution < 1.29 is 56.6 Å². The van der Waals surface area contributed by atoms with Crippen LogP contribution in [-0.4, -0.2) is 91.7 Å². The van der Waals surface area contributed by atoms with Gasteiger partial charge in [-0.3, -0.25) is 19.2 Å². The van der Waals surface area contributed by atoms with E-state index in [0.29, 0.717) is 22.5 Å². The second-order valence-electron chi connectivity index (χ2n) is 12.9. The molecule has 2 aromatic rings. The molecule has 0 saturated heterocycles. The first-order valence-corrected chi connectivity index (χ1v) is 18.5. The third kappa shape index (κ3) is 12.0. The fraction of sp³-hybridized carbons (Fsp3) is 0.375. The van der Waals surface area contributed by atoms with Gasteiger partial charge in [-0.25, -0.2) is 9.37 Å². The molecule has 1 heterocycles. The van der Waals surface area contributed by atoms with E-state index >= 15 is 0 Å². The molecule has 0 saturated carbocycles.